The zero-order valence-electron chi connectivity index (χ0n) is 28.0. The van der Waals surface area contributed by atoms with Gasteiger partial charge in [-0.2, -0.15) is 4.98 Å². The second-order valence-corrected chi connectivity index (χ2v) is 13.2. The molecule has 19 heteroatoms. The molecule has 2 unspecified atom stereocenters. The van der Waals surface area contributed by atoms with Crippen LogP contribution in [0.2, 0.25) is 0 Å². The van der Waals surface area contributed by atoms with Crippen LogP contribution in [-0.2, 0) is 23.7 Å². The van der Waals surface area contributed by atoms with Crippen molar-refractivity contribution in [1.82, 2.24) is 39.0 Å². The Balaban J connectivity index is 0.906. The Hall–Kier alpha value is -5.21. The molecule has 7 heterocycles. The number of hydrogen-bond acceptors (Lipinski definition) is 13. The average Bonchev–Trinajstić information content (AvgIpc) is 3.90. The lowest BCUT2D eigenvalue weighted by molar-refractivity contribution is -0.259. The first kappa shape index (κ1) is 33.9. The van der Waals surface area contributed by atoms with Gasteiger partial charge in [0, 0.05) is 11.5 Å². The molecule has 3 saturated heterocycles. The monoisotopic (exact) mass is 718 g/mol. The highest BCUT2D eigenvalue weighted by atomic mass is 19.1. The molecule has 52 heavy (non-hydrogen) atoms. The number of aliphatic hydroxyl groups excluding tert-OH is 1. The summed E-state index contributed by atoms with van der Waals surface area (Å²) < 4.78 is 42.6. The van der Waals surface area contributed by atoms with Gasteiger partial charge in [0.1, 0.15) is 18.7 Å². The molecular formula is C33H35FN10O8. The lowest BCUT2D eigenvalue weighted by atomic mass is 9.96. The smallest absolute Gasteiger partial charge is 0.280 e. The number of rotatable bonds is 8. The van der Waals surface area contributed by atoms with Gasteiger partial charge < -0.3 is 29.4 Å². The van der Waals surface area contributed by atoms with Gasteiger partial charge >= 0.3 is 0 Å². The number of aromatic nitrogens is 8. The van der Waals surface area contributed by atoms with Crippen molar-refractivity contribution < 1.29 is 38.0 Å². The van der Waals surface area contributed by atoms with Crippen LogP contribution in [0.3, 0.4) is 0 Å². The maximum absolute atomic E-state index is 15.4. The molecule has 4 N–H and O–H groups in total. The molecule has 18 nitrogen and oxygen atoms in total. The van der Waals surface area contributed by atoms with Gasteiger partial charge in [-0.15, -0.1) is 0 Å². The Morgan fingerprint density at radius 1 is 1.02 bits per heavy atom. The van der Waals surface area contributed by atoms with Crippen molar-refractivity contribution in [2.45, 2.75) is 76.5 Å². The Kier molecular flexibility index (Phi) is 8.95. The van der Waals surface area contributed by atoms with E-state index in [4.69, 9.17) is 18.9 Å². The lowest BCUT2D eigenvalue weighted by Crippen LogP contribution is -2.33. The van der Waals surface area contributed by atoms with Crippen molar-refractivity contribution >= 4 is 45.9 Å². The van der Waals surface area contributed by atoms with Crippen LogP contribution in [0.15, 0.2) is 54.1 Å². The second-order valence-electron chi connectivity index (χ2n) is 13.2. The summed E-state index contributed by atoms with van der Waals surface area (Å²) in [5, 5.41) is 16.2. The summed E-state index contributed by atoms with van der Waals surface area (Å²) in [5.74, 6) is -0.831. The number of carbonyl (C=O) groups excluding carboxylic acids is 2. The fourth-order valence-corrected chi connectivity index (χ4v) is 6.63. The summed E-state index contributed by atoms with van der Waals surface area (Å²) in [6.45, 7) is 3.52. The first-order valence-electron chi connectivity index (χ1n) is 16.9. The molecule has 3 fully saturated rings. The number of aromatic amines is 1. The van der Waals surface area contributed by atoms with Gasteiger partial charge in [-0.1, -0.05) is 32.0 Å². The molecule has 0 radical (unpaired) electrons. The van der Waals surface area contributed by atoms with Gasteiger partial charge in [-0.25, -0.2) is 24.3 Å². The molecule has 0 spiro atoms. The number of ether oxygens (including phenoxy) is 4. The number of imidazole rings is 2. The maximum Gasteiger partial charge on any atom is 0.280 e. The number of carbonyl (C=O) groups is 2. The number of fused-ring (bicyclic) bond motifs is 3. The highest BCUT2D eigenvalue weighted by molar-refractivity contribution is 6.06. The van der Waals surface area contributed by atoms with E-state index in [2.05, 4.69) is 40.5 Å². The molecule has 8 rings (SSSR count). The minimum Gasteiger partial charge on any atom is -0.385 e. The van der Waals surface area contributed by atoms with Crippen molar-refractivity contribution in [2.75, 3.05) is 17.2 Å². The number of aliphatic hydroxyl groups is 1. The van der Waals surface area contributed by atoms with E-state index in [1.165, 1.54) is 17.2 Å². The molecule has 2 amide bonds. The molecule has 0 aliphatic carbocycles. The summed E-state index contributed by atoms with van der Waals surface area (Å²) >= 11 is 0. The molecule has 272 valence electrons. The van der Waals surface area contributed by atoms with Crippen LogP contribution in [0.5, 0.6) is 0 Å². The maximum atomic E-state index is 15.4. The minimum absolute atomic E-state index is 0.0183. The summed E-state index contributed by atoms with van der Waals surface area (Å²) in [6.07, 6.45) is -2.20. The molecule has 1 aromatic carbocycles. The Labute approximate surface area is 293 Å². The molecule has 4 aromatic heterocycles. The fraction of sp³-hybridized carbons (Fsp3) is 0.455. The van der Waals surface area contributed by atoms with E-state index in [1.54, 1.807) is 44.4 Å². The van der Waals surface area contributed by atoms with E-state index in [9.17, 15) is 19.5 Å². The quantitative estimate of drug-likeness (QED) is 0.181. The van der Waals surface area contributed by atoms with E-state index in [0.29, 0.717) is 36.0 Å². The van der Waals surface area contributed by atoms with Crippen molar-refractivity contribution in [3.63, 3.8) is 0 Å². The lowest BCUT2D eigenvalue weighted by Gasteiger charge is -2.22. The molecule has 0 bridgehead atoms. The zero-order chi connectivity index (χ0) is 36.1. The molecule has 3 aliphatic heterocycles. The highest BCUT2D eigenvalue weighted by Crippen LogP contribution is 2.41. The van der Waals surface area contributed by atoms with Gasteiger partial charge in [0.05, 0.1) is 25.4 Å². The largest absolute Gasteiger partial charge is 0.385 e. The third kappa shape index (κ3) is 6.30. The Morgan fingerprint density at radius 3 is 2.62 bits per heavy atom. The van der Waals surface area contributed by atoms with Crippen molar-refractivity contribution in [3.8, 4) is 0 Å². The number of alkyl halides is 1. The summed E-state index contributed by atoms with van der Waals surface area (Å²) in [7, 11) is 0. The Morgan fingerprint density at radius 2 is 1.81 bits per heavy atom. The number of anilines is 2. The third-order valence-corrected chi connectivity index (χ3v) is 9.43. The number of benzene rings is 1. The summed E-state index contributed by atoms with van der Waals surface area (Å²) in [6, 6.07) is 8.79. The summed E-state index contributed by atoms with van der Waals surface area (Å²) in [4.78, 5) is 61.4. The van der Waals surface area contributed by atoms with E-state index in [0.717, 1.165) is 0 Å². The van der Waals surface area contributed by atoms with Gasteiger partial charge in [0.2, 0.25) is 11.9 Å². The van der Waals surface area contributed by atoms with E-state index in [-0.39, 0.29) is 59.3 Å². The predicted octanol–water partition coefficient (Wildman–Crippen LogP) is 2.42. The van der Waals surface area contributed by atoms with E-state index < -0.39 is 42.9 Å². The van der Waals surface area contributed by atoms with Crippen molar-refractivity contribution in [3.05, 3.63) is 65.2 Å². The minimum atomic E-state index is -1.96. The standard InChI is InChI=1S/C33H35FN10O8/c1-15(2)28(46)41-33-40-27-23(30(48)42-33)38-14-44(27)31-24(45)21(34)32(52-31)51-20-9-8-17-10-19(50-18(17)11-49-20)43-13-37-22-25(35-12-36-26(22)43)39-29(47)16-6-4-3-5-7-16/h3-7,12-15,17-21,24,31-32,45H,8-11H2,1-2H3,(H,35,36,39,47)(H2,40,41,42,46,48)/t17-,18+,19+,20?,21-,24+,31+,32?/m0/s1. The van der Waals surface area contributed by atoms with Crippen molar-refractivity contribution in [2.24, 2.45) is 11.8 Å². The highest BCUT2D eigenvalue weighted by Gasteiger charge is 2.48. The number of H-pyrrole nitrogens is 1. The van der Waals surface area contributed by atoms with Crippen molar-refractivity contribution in [1.29, 1.82) is 0 Å². The molecule has 5 aromatic rings. The average molecular weight is 719 g/mol. The van der Waals surface area contributed by atoms with Crippen LogP contribution in [0.4, 0.5) is 16.2 Å². The van der Waals surface area contributed by atoms with Crippen LogP contribution in [0.1, 0.15) is 55.9 Å². The predicted molar refractivity (Wildman–Crippen MR) is 178 cm³/mol. The van der Waals surface area contributed by atoms with Crippen LogP contribution in [-0.4, -0.2) is 93.5 Å². The van der Waals surface area contributed by atoms with Crippen LogP contribution >= 0.6 is 0 Å². The number of amides is 2. The normalized spacial score (nSPS) is 27.6. The van der Waals surface area contributed by atoms with Crippen LogP contribution in [0.25, 0.3) is 22.3 Å². The fourth-order valence-electron chi connectivity index (χ4n) is 6.63. The van der Waals surface area contributed by atoms with Crippen LogP contribution in [0, 0.1) is 11.8 Å². The van der Waals surface area contributed by atoms with E-state index in [1.807, 2.05) is 10.6 Å². The molecular weight excluding hydrogens is 683 g/mol. The number of nitrogens with zero attached hydrogens (tertiary/aromatic N) is 7. The Bertz CT molecular complexity index is 2160. The van der Waals surface area contributed by atoms with Gasteiger partial charge in [-0.3, -0.25) is 33.8 Å². The molecule has 0 saturated carbocycles. The number of halogens is 1. The van der Waals surface area contributed by atoms with Gasteiger partial charge in [0.15, 0.2) is 53.1 Å². The number of hydrogen-bond donors (Lipinski definition) is 4. The van der Waals surface area contributed by atoms with Gasteiger partial charge in [0.25, 0.3) is 11.5 Å². The van der Waals surface area contributed by atoms with E-state index >= 15 is 4.39 Å². The first-order valence-corrected chi connectivity index (χ1v) is 16.9. The van der Waals surface area contributed by atoms with Gasteiger partial charge in [-0.05, 0) is 37.3 Å². The number of nitrogens with one attached hydrogen (secondary N) is 3. The zero-order valence-corrected chi connectivity index (χ0v) is 28.0. The second kappa shape index (κ2) is 13.7. The molecule has 3 aliphatic rings. The third-order valence-electron chi connectivity index (χ3n) is 9.43. The molecule has 8 atom stereocenters. The topological polar surface area (TPSA) is 223 Å². The SMILES string of the molecule is CC(C)C(=O)Nc1nc2c(ncn2[C@@H]2OC(OC3CC[C@H]4C[C@H](n5cnc6c(NC(=O)c7ccccc7)ncnc65)O[C@@H]4CO3)[C@@H](F)[C@H]2O)c(=O)[nH]1. The summed E-state index contributed by atoms with van der Waals surface area (Å²) in [5.41, 5.74) is 0.683. The first-order chi connectivity index (χ1) is 25.1. The van der Waals surface area contributed by atoms with Crippen LogP contribution < -0.4 is 16.2 Å².